The molecule has 1 N–H and O–H groups in total. The molecular formula is C20H26N4O3. The van der Waals surface area contributed by atoms with Gasteiger partial charge in [-0.2, -0.15) is 0 Å². The number of aryl methyl sites for hydroxylation is 1. The number of hydrogen-bond donors (Lipinski definition) is 1. The summed E-state index contributed by atoms with van der Waals surface area (Å²) in [5, 5.41) is 6.72. The van der Waals surface area contributed by atoms with Crippen LogP contribution >= 0.6 is 0 Å². The Labute approximate surface area is 159 Å². The quantitative estimate of drug-likeness (QED) is 0.875. The van der Waals surface area contributed by atoms with Crippen molar-refractivity contribution in [2.45, 2.75) is 38.8 Å². The van der Waals surface area contributed by atoms with Gasteiger partial charge in [0.25, 0.3) is 0 Å². The van der Waals surface area contributed by atoms with Crippen LogP contribution < -0.4 is 5.32 Å². The highest BCUT2D eigenvalue weighted by Crippen LogP contribution is 2.27. The van der Waals surface area contributed by atoms with Crippen molar-refractivity contribution in [1.82, 2.24) is 15.0 Å². The molecule has 1 unspecified atom stereocenters. The van der Waals surface area contributed by atoms with Crippen LogP contribution in [0.3, 0.4) is 0 Å². The molecule has 2 heterocycles. The van der Waals surface area contributed by atoms with E-state index in [2.05, 4.69) is 15.4 Å². The summed E-state index contributed by atoms with van der Waals surface area (Å²) in [6.07, 6.45) is 1.69. The van der Waals surface area contributed by atoms with Gasteiger partial charge in [0, 0.05) is 39.2 Å². The van der Waals surface area contributed by atoms with E-state index in [0.717, 1.165) is 31.5 Å². The number of benzene rings is 1. The summed E-state index contributed by atoms with van der Waals surface area (Å²) in [7, 11) is 1.84. The summed E-state index contributed by atoms with van der Waals surface area (Å²) < 4.78 is 5.04. The van der Waals surface area contributed by atoms with E-state index in [1.165, 1.54) is 0 Å². The van der Waals surface area contributed by atoms with E-state index in [9.17, 15) is 9.59 Å². The van der Waals surface area contributed by atoms with Gasteiger partial charge in [-0.15, -0.1) is 0 Å². The number of nitrogens with one attached hydrogen (secondary N) is 1. The molecule has 0 radical (unpaired) electrons. The Morgan fingerprint density at radius 2 is 1.93 bits per heavy atom. The molecule has 0 saturated carbocycles. The molecule has 1 aromatic carbocycles. The number of nitrogens with zero attached hydrogens (tertiary/aromatic N) is 3. The van der Waals surface area contributed by atoms with Crippen LogP contribution in [0.5, 0.6) is 0 Å². The molecule has 1 fully saturated rings. The first-order valence-electron chi connectivity index (χ1n) is 9.22. The molecule has 2 aromatic rings. The van der Waals surface area contributed by atoms with Crippen molar-refractivity contribution in [2.75, 3.05) is 25.5 Å². The third-order valence-electron chi connectivity index (χ3n) is 5.15. The zero-order valence-electron chi connectivity index (χ0n) is 16.0. The lowest BCUT2D eigenvalue weighted by atomic mass is 9.98. The van der Waals surface area contributed by atoms with Gasteiger partial charge in [0.15, 0.2) is 5.82 Å². The van der Waals surface area contributed by atoms with Crippen LogP contribution in [0, 0.1) is 6.92 Å². The molecule has 7 heteroatoms. The van der Waals surface area contributed by atoms with Gasteiger partial charge in [-0.25, -0.2) is 0 Å². The Morgan fingerprint density at radius 3 is 2.48 bits per heavy atom. The second-order valence-electron chi connectivity index (χ2n) is 7.02. The number of carbonyl (C=O) groups is 2. The third kappa shape index (κ3) is 4.54. The first kappa shape index (κ1) is 19.1. The molecule has 1 aromatic heterocycles. The molecule has 0 spiro atoms. The number of likely N-dealkylation sites (tertiary alicyclic amines) is 1. The maximum Gasteiger partial charge on any atom is 0.247 e. The predicted octanol–water partition coefficient (Wildman–Crippen LogP) is 2.61. The topological polar surface area (TPSA) is 78.7 Å². The van der Waals surface area contributed by atoms with Crippen LogP contribution in [0.1, 0.15) is 37.1 Å². The zero-order valence-corrected chi connectivity index (χ0v) is 16.0. The van der Waals surface area contributed by atoms with E-state index < -0.39 is 6.04 Å². The van der Waals surface area contributed by atoms with Crippen molar-refractivity contribution >= 4 is 17.6 Å². The second-order valence-corrected chi connectivity index (χ2v) is 7.02. The van der Waals surface area contributed by atoms with Gasteiger partial charge in [-0.3, -0.25) is 14.5 Å². The van der Waals surface area contributed by atoms with Crippen molar-refractivity contribution < 1.29 is 14.1 Å². The molecule has 1 saturated heterocycles. The van der Waals surface area contributed by atoms with E-state index in [4.69, 9.17) is 4.52 Å². The molecule has 1 aliphatic rings. The molecule has 7 nitrogen and oxygen atoms in total. The smallest absolute Gasteiger partial charge is 0.247 e. The number of piperidine rings is 1. The number of amides is 2. The fourth-order valence-corrected chi connectivity index (χ4v) is 3.57. The van der Waals surface area contributed by atoms with E-state index in [1.807, 2.05) is 37.4 Å². The molecule has 0 bridgehead atoms. The lowest BCUT2D eigenvalue weighted by molar-refractivity contribution is -0.131. The molecular weight excluding hydrogens is 344 g/mol. The Bertz CT molecular complexity index is 782. The fraction of sp³-hybridized carbons (Fsp3) is 0.450. The summed E-state index contributed by atoms with van der Waals surface area (Å²) in [5.74, 6) is 1.01. The highest BCUT2D eigenvalue weighted by Gasteiger charge is 2.33. The van der Waals surface area contributed by atoms with Crippen LogP contribution in [-0.2, 0) is 9.59 Å². The molecule has 3 rings (SSSR count). The highest BCUT2D eigenvalue weighted by molar-refractivity contribution is 5.94. The summed E-state index contributed by atoms with van der Waals surface area (Å²) in [4.78, 5) is 28.6. The van der Waals surface area contributed by atoms with Crippen LogP contribution in [0.4, 0.5) is 5.82 Å². The van der Waals surface area contributed by atoms with E-state index in [1.54, 1.807) is 24.8 Å². The number of anilines is 1. The second kappa shape index (κ2) is 8.35. The van der Waals surface area contributed by atoms with Crippen LogP contribution in [0.25, 0.3) is 0 Å². The van der Waals surface area contributed by atoms with Crippen molar-refractivity contribution in [1.29, 1.82) is 0 Å². The minimum Gasteiger partial charge on any atom is -0.360 e. The summed E-state index contributed by atoms with van der Waals surface area (Å²) >= 11 is 0. The van der Waals surface area contributed by atoms with E-state index in [0.29, 0.717) is 11.6 Å². The third-order valence-corrected chi connectivity index (χ3v) is 5.15. The van der Waals surface area contributed by atoms with Crippen LogP contribution in [-0.4, -0.2) is 52.9 Å². The standard InChI is InChI=1S/C20H26N4O3/c1-14-13-18(22-27-14)21-20(26)19(16-7-5-4-6-8-16)24-11-9-17(10-12-24)23(3)15(2)25/h4-8,13,17,19H,9-12H2,1-3H3,(H,21,22,26). The first-order chi connectivity index (χ1) is 13.0. The zero-order chi connectivity index (χ0) is 19.4. The SMILES string of the molecule is CC(=O)N(C)C1CCN(C(C(=O)Nc2cc(C)on2)c2ccccc2)CC1. The minimum atomic E-state index is -0.410. The van der Waals surface area contributed by atoms with Crippen molar-refractivity contribution in [3.63, 3.8) is 0 Å². The van der Waals surface area contributed by atoms with Gasteiger partial charge in [0.05, 0.1) is 0 Å². The van der Waals surface area contributed by atoms with Gasteiger partial charge < -0.3 is 14.7 Å². The van der Waals surface area contributed by atoms with Gasteiger partial charge in [-0.05, 0) is 25.3 Å². The summed E-state index contributed by atoms with van der Waals surface area (Å²) in [6, 6.07) is 11.3. The predicted molar refractivity (Wildman–Crippen MR) is 102 cm³/mol. The van der Waals surface area contributed by atoms with Crippen molar-refractivity contribution in [2.24, 2.45) is 0 Å². The average Bonchev–Trinajstić information content (AvgIpc) is 3.07. The number of rotatable bonds is 5. The number of carbonyl (C=O) groups excluding carboxylic acids is 2. The van der Waals surface area contributed by atoms with Crippen molar-refractivity contribution in [3.8, 4) is 0 Å². The first-order valence-corrected chi connectivity index (χ1v) is 9.22. The largest absolute Gasteiger partial charge is 0.360 e. The molecule has 2 amide bonds. The van der Waals surface area contributed by atoms with Gasteiger partial charge in [0.1, 0.15) is 11.8 Å². The van der Waals surface area contributed by atoms with Gasteiger partial charge >= 0.3 is 0 Å². The van der Waals surface area contributed by atoms with E-state index in [-0.39, 0.29) is 17.9 Å². The van der Waals surface area contributed by atoms with Crippen LogP contribution in [0.2, 0.25) is 0 Å². The van der Waals surface area contributed by atoms with Crippen LogP contribution in [0.15, 0.2) is 40.9 Å². The maximum absolute atomic E-state index is 13.0. The highest BCUT2D eigenvalue weighted by atomic mass is 16.5. The monoisotopic (exact) mass is 370 g/mol. The molecule has 27 heavy (non-hydrogen) atoms. The Balaban J connectivity index is 1.75. The molecule has 144 valence electrons. The minimum absolute atomic E-state index is 0.0761. The van der Waals surface area contributed by atoms with Gasteiger partial charge in [-0.1, -0.05) is 35.5 Å². The molecule has 0 aliphatic carbocycles. The lowest BCUT2D eigenvalue weighted by Gasteiger charge is -2.39. The molecule has 1 atom stereocenters. The van der Waals surface area contributed by atoms with Gasteiger partial charge in [0.2, 0.25) is 11.8 Å². The van der Waals surface area contributed by atoms with Crippen molar-refractivity contribution in [3.05, 3.63) is 47.7 Å². The molecule has 1 aliphatic heterocycles. The van der Waals surface area contributed by atoms with E-state index >= 15 is 0 Å². The Hall–Kier alpha value is -2.67. The summed E-state index contributed by atoms with van der Waals surface area (Å²) in [5.41, 5.74) is 0.939. The maximum atomic E-state index is 13.0. The summed E-state index contributed by atoms with van der Waals surface area (Å²) in [6.45, 7) is 4.86. The Morgan fingerprint density at radius 1 is 1.26 bits per heavy atom. The fourth-order valence-electron chi connectivity index (χ4n) is 3.57. The average molecular weight is 370 g/mol. The lowest BCUT2D eigenvalue weighted by Crippen LogP contribution is -2.48. The normalized spacial score (nSPS) is 16.7. The number of aromatic nitrogens is 1. The Kier molecular flexibility index (Phi) is 5.91. The number of hydrogen-bond acceptors (Lipinski definition) is 5.